The van der Waals surface area contributed by atoms with Crippen LogP contribution in [0.5, 0.6) is 0 Å². The van der Waals surface area contributed by atoms with Gasteiger partial charge in [0.25, 0.3) is 0 Å². The lowest BCUT2D eigenvalue weighted by atomic mass is 10.3. The Labute approximate surface area is 75.1 Å². The fourth-order valence-corrected chi connectivity index (χ4v) is 1.27. The van der Waals surface area contributed by atoms with E-state index in [9.17, 15) is 4.39 Å². The van der Waals surface area contributed by atoms with Gasteiger partial charge >= 0.3 is 0 Å². The summed E-state index contributed by atoms with van der Waals surface area (Å²) in [6.07, 6.45) is 0.161. The third-order valence-electron chi connectivity index (χ3n) is 1.80. The van der Waals surface area contributed by atoms with E-state index < -0.39 is 0 Å². The van der Waals surface area contributed by atoms with Gasteiger partial charge < -0.3 is 4.98 Å². The highest BCUT2D eigenvalue weighted by atomic mass is 19.1. The van der Waals surface area contributed by atoms with Crippen LogP contribution in [-0.2, 0) is 6.42 Å². The van der Waals surface area contributed by atoms with Crippen LogP contribution in [0.1, 0.15) is 5.82 Å². The highest BCUT2D eigenvalue weighted by molar-refractivity contribution is 5.74. The van der Waals surface area contributed by atoms with Gasteiger partial charge in [0.05, 0.1) is 17.5 Å². The second-order valence-corrected chi connectivity index (χ2v) is 2.89. The molecule has 13 heavy (non-hydrogen) atoms. The molecule has 0 aliphatic heterocycles. The summed E-state index contributed by atoms with van der Waals surface area (Å²) in [5, 5.41) is 0. The fourth-order valence-electron chi connectivity index (χ4n) is 1.27. The summed E-state index contributed by atoms with van der Waals surface area (Å²) in [6, 6.07) is 7.61. The van der Waals surface area contributed by atoms with Gasteiger partial charge in [-0.3, -0.25) is 0 Å². The Kier molecular flexibility index (Phi) is 1.85. The number of halogens is 1. The van der Waals surface area contributed by atoms with Gasteiger partial charge in [0.1, 0.15) is 11.7 Å². The fraction of sp³-hybridized carbons (Fsp3) is 0.100. The monoisotopic (exact) mass is 176 g/mol. The number of hydrogen-bond acceptors (Lipinski definition) is 1. The zero-order valence-corrected chi connectivity index (χ0v) is 7.05. The highest BCUT2D eigenvalue weighted by Gasteiger charge is 2.02. The van der Waals surface area contributed by atoms with Crippen LogP contribution in [0.2, 0.25) is 0 Å². The lowest BCUT2D eigenvalue weighted by Gasteiger charge is -1.88. The van der Waals surface area contributed by atoms with Crippen molar-refractivity contribution in [2.24, 2.45) is 0 Å². The molecule has 0 aliphatic rings. The maximum atomic E-state index is 12.5. The molecule has 1 aromatic carbocycles. The molecule has 0 fully saturated rings. The minimum atomic E-state index is -0.376. The number of allylic oxidation sites excluding steroid dienone is 1. The predicted octanol–water partition coefficient (Wildman–Crippen LogP) is 2.59. The molecule has 2 rings (SSSR count). The zero-order valence-electron chi connectivity index (χ0n) is 7.05. The van der Waals surface area contributed by atoms with Gasteiger partial charge in [-0.05, 0) is 12.1 Å². The Balaban J connectivity index is 2.44. The summed E-state index contributed by atoms with van der Waals surface area (Å²) >= 11 is 0. The number of aromatic amines is 1. The lowest BCUT2D eigenvalue weighted by Crippen LogP contribution is -1.86. The second-order valence-electron chi connectivity index (χ2n) is 2.89. The van der Waals surface area contributed by atoms with E-state index in [-0.39, 0.29) is 12.2 Å². The van der Waals surface area contributed by atoms with Gasteiger partial charge in [-0.15, -0.1) is 0 Å². The SMILES string of the molecule is C=C(F)Cc1nc2ccccc2[nH]1. The number of nitrogens with zero attached hydrogens (tertiary/aromatic N) is 1. The highest BCUT2D eigenvalue weighted by Crippen LogP contribution is 2.12. The van der Waals surface area contributed by atoms with E-state index in [1.807, 2.05) is 24.3 Å². The molecular formula is C10H9FN2. The van der Waals surface area contributed by atoms with E-state index in [1.54, 1.807) is 0 Å². The molecule has 0 atom stereocenters. The van der Waals surface area contributed by atoms with Gasteiger partial charge in [-0.25, -0.2) is 9.37 Å². The largest absolute Gasteiger partial charge is 0.342 e. The Morgan fingerprint density at radius 3 is 2.92 bits per heavy atom. The molecular weight excluding hydrogens is 167 g/mol. The Morgan fingerprint density at radius 2 is 2.23 bits per heavy atom. The lowest BCUT2D eigenvalue weighted by molar-refractivity contribution is 0.610. The van der Waals surface area contributed by atoms with E-state index in [1.165, 1.54) is 0 Å². The Hall–Kier alpha value is -1.64. The molecule has 0 bridgehead atoms. The number of nitrogens with one attached hydrogen (secondary N) is 1. The minimum Gasteiger partial charge on any atom is -0.342 e. The normalized spacial score (nSPS) is 10.5. The maximum absolute atomic E-state index is 12.5. The molecule has 0 saturated heterocycles. The Bertz CT molecular complexity index is 412. The van der Waals surface area contributed by atoms with Crippen molar-refractivity contribution in [2.45, 2.75) is 6.42 Å². The molecule has 0 saturated carbocycles. The number of aromatic nitrogens is 2. The number of para-hydroxylation sites is 2. The quantitative estimate of drug-likeness (QED) is 0.748. The Morgan fingerprint density at radius 1 is 1.46 bits per heavy atom. The molecule has 0 spiro atoms. The minimum absolute atomic E-state index is 0.161. The number of imidazole rings is 1. The average Bonchev–Trinajstić information content (AvgIpc) is 2.44. The first-order chi connectivity index (χ1) is 6.25. The van der Waals surface area contributed by atoms with Gasteiger partial charge in [0, 0.05) is 0 Å². The standard InChI is InChI=1S/C10H9FN2/c1-7(11)6-10-12-8-4-2-3-5-9(8)13-10/h2-5H,1,6H2,(H,12,13). The van der Waals surface area contributed by atoms with Crippen molar-refractivity contribution in [3.8, 4) is 0 Å². The third kappa shape index (κ3) is 1.59. The van der Waals surface area contributed by atoms with Gasteiger partial charge in [-0.1, -0.05) is 18.7 Å². The molecule has 0 aliphatic carbocycles. The van der Waals surface area contributed by atoms with Crippen LogP contribution >= 0.6 is 0 Å². The van der Waals surface area contributed by atoms with Crippen LogP contribution < -0.4 is 0 Å². The first kappa shape index (κ1) is 7.98. The number of rotatable bonds is 2. The average molecular weight is 176 g/mol. The van der Waals surface area contributed by atoms with Crippen molar-refractivity contribution < 1.29 is 4.39 Å². The van der Waals surface area contributed by atoms with Crippen LogP contribution in [0.4, 0.5) is 4.39 Å². The van der Waals surface area contributed by atoms with Crippen molar-refractivity contribution in [1.29, 1.82) is 0 Å². The molecule has 2 nitrogen and oxygen atoms in total. The molecule has 0 unspecified atom stereocenters. The number of hydrogen-bond donors (Lipinski definition) is 1. The molecule has 2 aromatic rings. The van der Waals surface area contributed by atoms with Gasteiger partial charge in [0.2, 0.25) is 0 Å². The molecule has 0 radical (unpaired) electrons. The van der Waals surface area contributed by atoms with Crippen molar-refractivity contribution in [3.05, 3.63) is 42.5 Å². The summed E-state index contributed by atoms with van der Waals surface area (Å²) in [6.45, 7) is 3.19. The van der Waals surface area contributed by atoms with Gasteiger partial charge in [-0.2, -0.15) is 0 Å². The predicted molar refractivity (Wildman–Crippen MR) is 50.0 cm³/mol. The first-order valence-corrected chi connectivity index (χ1v) is 4.02. The molecule has 1 N–H and O–H groups in total. The summed E-state index contributed by atoms with van der Waals surface area (Å²) in [5.41, 5.74) is 1.79. The van der Waals surface area contributed by atoms with E-state index >= 15 is 0 Å². The third-order valence-corrected chi connectivity index (χ3v) is 1.80. The van der Waals surface area contributed by atoms with Crippen LogP contribution in [0, 0.1) is 0 Å². The van der Waals surface area contributed by atoms with Crippen LogP contribution in [0.25, 0.3) is 11.0 Å². The van der Waals surface area contributed by atoms with Crippen LogP contribution in [-0.4, -0.2) is 9.97 Å². The van der Waals surface area contributed by atoms with E-state index in [0.717, 1.165) is 11.0 Å². The van der Waals surface area contributed by atoms with Crippen molar-refractivity contribution in [2.75, 3.05) is 0 Å². The number of benzene rings is 1. The summed E-state index contributed by atoms with van der Waals surface area (Å²) in [7, 11) is 0. The number of fused-ring (bicyclic) bond motifs is 1. The zero-order chi connectivity index (χ0) is 9.26. The van der Waals surface area contributed by atoms with E-state index in [4.69, 9.17) is 0 Å². The maximum Gasteiger partial charge on any atom is 0.114 e. The van der Waals surface area contributed by atoms with E-state index in [2.05, 4.69) is 16.5 Å². The van der Waals surface area contributed by atoms with Crippen molar-refractivity contribution >= 4 is 11.0 Å². The topological polar surface area (TPSA) is 28.7 Å². The van der Waals surface area contributed by atoms with Crippen molar-refractivity contribution in [1.82, 2.24) is 9.97 Å². The second kappa shape index (κ2) is 3.01. The molecule has 66 valence electrons. The van der Waals surface area contributed by atoms with Crippen molar-refractivity contribution in [3.63, 3.8) is 0 Å². The molecule has 3 heteroatoms. The number of H-pyrrole nitrogens is 1. The summed E-state index contributed by atoms with van der Waals surface area (Å²) in [4.78, 5) is 7.21. The van der Waals surface area contributed by atoms with Crippen LogP contribution in [0.15, 0.2) is 36.7 Å². The summed E-state index contributed by atoms with van der Waals surface area (Å²) < 4.78 is 12.5. The molecule has 1 heterocycles. The summed E-state index contributed by atoms with van der Waals surface area (Å²) in [5.74, 6) is 0.243. The molecule has 1 aromatic heterocycles. The smallest absolute Gasteiger partial charge is 0.114 e. The van der Waals surface area contributed by atoms with E-state index in [0.29, 0.717) is 5.82 Å². The first-order valence-electron chi connectivity index (χ1n) is 4.02. The van der Waals surface area contributed by atoms with Crippen LogP contribution in [0.3, 0.4) is 0 Å². The van der Waals surface area contributed by atoms with Gasteiger partial charge in [0.15, 0.2) is 0 Å². The molecule has 0 amide bonds.